The van der Waals surface area contributed by atoms with Crippen molar-refractivity contribution in [1.29, 1.82) is 0 Å². The predicted octanol–water partition coefficient (Wildman–Crippen LogP) is 5.60. The number of hydrogen-bond donors (Lipinski definition) is 3. The van der Waals surface area contributed by atoms with Crippen LogP contribution in [0.1, 0.15) is 11.1 Å². The van der Waals surface area contributed by atoms with Crippen LogP contribution in [0.5, 0.6) is 5.75 Å². The van der Waals surface area contributed by atoms with Crippen molar-refractivity contribution >= 4 is 51.2 Å². The number of fused-ring (bicyclic) bond motifs is 1. The minimum atomic E-state index is -4.58. The number of alkyl halides is 3. The van der Waals surface area contributed by atoms with Crippen LogP contribution in [0.15, 0.2) is 36.4 Å². The standard InChI is InChI=1S/C23H19F4IN6O3/c1-34(22(35)36)15-6-4-3-5-11(15)10-29-20-17-18(28)32-33-21(17)31-19(30-20)13-8-14(24)16(37-2)7-12(13)9-23(25,26)27/h3-8H,9-10H2,1-2H3,(H,35,36)(H2,29,30,31,32,33). The molecule has 0 aliphatic carbocycles. The summed E-state index contributed by atoms with van der Waals surface area (Å²) in [6.07, 6.45) is -7.08. The molecule has 0 unspecified atom stereocenters. The first kappa shape index (κ1) is 26.4. The zero-order valence-electron chi connectivity index (χ0n) is 19.3. The molecule has 0 radical (unpaired) electrons. The first-order valence-corrected chi connectivity index (χ1v) is 11.7. The molecule has 194 valence electrons. The van der Waals surface area contributed by atoms with Gasteiger partial charge in [0.25, 0.3) is 0 Å². The Kier molecular flexibility index (Phi) is 7.38. The van der Waals surface area contributed by atoms with Crippen molar-refractivity contribution in [3.05, 3.63) is 57.0 Å². The molecule has 0 fully saturated rings. The Morgan fingerprint density at radius 2 is 1.95 bits per heavy atom. The van der Waals surface area contributed by atoms with Gasteiger partial charge in [0.15, 0.2) is 23.0 Å². The van der Waals surface area contributed by atoms with E-state index in [4.69, 9.17) is 4.74 Å². The number of ether oxygens (including phenoxy) is 1. The lowest BCUT2D eigenvalue weighted by Gasteiger charge is -2.18. The second-order valence-corrected chi connectivity index (χ2v) is 8.92. The van der Waals surface area contributed by atoms with Gasteiger partial charge in [0, 0.05) is 19.2 Å². The van der Waals surface area contributed by atoms with Gasteiger partial charge in [0.05, 0.1) is 24.6 Å². The van der Waals surface area contributed by atoms with Gasteiger partial charge in [-0.25, -0.2) is 19.2 Å². The molecule has 2 heterocycles. The first-order valence-electron chi connectivity index (χ1n) is 10.6. The minimum Gasteiger partial charge on any atom is -0.494 e. The van der Waals surface area contributed by atoms with Gasteiger partial charge in [-0.15, -0.1) is 0 Å². The van der Waals surface area contributed by atoms with Crippen molar-refractivity contribution in [2.75, 3.05) is 24.4 Å². The van der Waals surface area contributed by atoms with Gasteiger partial charge in [-0.2, -0.15) is 18.3 Å². The van der Waals surface area contributed by atoms with E-state index in [-0.39, 0.29) is 40.7 Å². The van der Waals surface area contributed by atoms with Gasteiger partial charge in [-0.3, -0.25) is 10.00 Å². The van der Waals surface area contributed by atoms with Crippen molar-refractivity contribution in [2.24, 2.45) is 0 Å². The van der Waals surface area contributed by atoms with Crippen LogP contribution in [0, 0.1) is 9.52 Å². The number of nitrogens with one attached hydrogen (secondary N) is 2. The highest BCUT2D eigenvalue weighted by Crippen LogP contribution is 2.35. The molecule has 1 amide bonds. The van der Waals surface area contributed by atoms with E-state index >= 15 is 0 Å². The maximum absolute atomic E-state index is 14.6. The number of carbonyl (C=O) groups is 1. The molecule has 0 saturated heterocycles. The van der Waals surface area contributed by atoms with Crippen molar-refractivity contribution < 1.29 is 32.2 Å². The molecule has 2 aromatic carbocycles. The van der Waals surface area contributed by atoms with Crippen LogP contribution in [0.3, 0.4) is 0 Å². The number of H-pyrrole nitrogens is 1. The smallest absolute Gasteiger partial charge is 0.411 e. The van der Waals surface area contributed by atoms with Crippen molar-refractivity contribution in [3.63, 3.8) is 0 Å². The summed E-state index contributed by atoms with van der Waals surface area (Å²) in [4.78, 5) is 21.3. The number of methoxy groups -OCH3 is 1. The van der Waals surface area contributed by atoms with E-state index in [0.717, 1.165) is 24.1 Å². The average molecular weight is 630 g/mol. The molecular formula is C23H19F4IN6O3. The van der Waals surface area contributed by atoms with Gasteiger partial charge in [-0.05, 0) is 51.9 Å². The monoisotopic (exact) mass is 630 g/mol. The van der Waals surface area contributed by atoms with E-state index in [2.05, 4.69) is 25.5 Å². The largest absolute Gasteiger partial charge is 0.494 e. The predicted molar refractivity (Wildman–Crippen MR) is 136 cm³/mol. The summed E-state index contributed by atoms with van der Waals surface area (Å²) >= 11 is 1.95. The fourth-order valence-electron chi connectivity index (χ4n) is 3.74. The lowest BCUT2D eigenvalue weighted by molar-refractivity contribution is -0.127. The molecule has 0 aliphatic heterocycles. The van der Waals surface area contributed by atoms with Crippen LogP contribution in [-0.2, 0) is 13.0 Å². The maximum Gasteiger partial charge on any atom is 0.411 e. The van der Waals surface area contributed by atoms with E-state index < -0.39 is 24.5 Å². The van der Waals surface area contributed by atoms with E-state index in [1.807, 2.05) is 22.6 Å². The number of nitrogens with zero attached hydrogens (tertiary/aromatic N) is 4. The second kappa shape index (κ2) is 10.4. The topological polar surface area (TPSA) is 116 Å². The normalized spacial score (nSPS) is 11.5. The highest BCUT2D eigenvalue weighted by molar-refractivity contribution is 14.1. The third-order valence-corrected chi connectivity index (χ3v) is 6.25. The highest BCUT2D eigenvalue weighted by Gasteiger charge is 2.31. The summed E-state index contributed by atoms with van der Waals surface area (Å²) in [5.41, 5.74) is 0.851. The van der Waals surface area contributed by atoms with Gasteiger partial charge in [0.2, 0.25) is 0 Å². The fraction of sp³-hybridized carbons (Fsp3) is 0.217. The number of aromatic nitrogens is 4. The molecule has 4 aromatic rings. The lowest BCUT2D eigenvalue weighted by atomic mass is 10.0. The van der Waals surface area contributed by atoms with E-state index in [1.165, 1.54) is 7.05 Å². The molecular weight excluding hydrogens is 611 g/mol. The fourth-order valence-corrected chi connectivity index (χ4v) is 4.37. The number of para-hydroxylation sites is 1. The van der Waals surface area contributed by atoms with E-state index in [0.29, 0.717) is 20.3 Å². The Morgan fingerprint density at radius 1 is 1.22 bits per heavy atom. The number of hydrogen-bond acceptors (Lipinski definition) is 6. The summed E-state index contributed by atoms with van der Waals surface area (Å²) in [5, 5.41) is 19.8. The number of anilines is 2. The molecule has 2 aromatic heterocycles. The summed E-state index contributed by atoms with van der Waals surface area (Å²) in [7, 11) is 2.56. The number of halogens is 5. The van der Waals surface area contributed by atoms with Crippen LogP contribution in [0.2, 0.25) is 0 Å². The first-order chi connectivity index (χ1) is 17.5. The van der Waals surface area contributed by atoms with Crippen molar-refractivity contribution in [2.45, 2.75) is 19.1 Å². The lowest BCUT2D eigenvalue weighted by Crippen LogP contribution is -2.25. The Bertz CT molecular complexity index is 1480. The highest BCUT2D eigenvalue weighted by atomic mass is 127. The molecule has 37 heavy (non-hydrogen) atoms. The quantitative estimate of drug-likeness (QED) is 0.180. The number of rotatable bonds is 7. The molecule has 14 heteroatoms. The number of amides is 1. The summed E-state index contributed by atoms with van der Waals surface area (Å²) in [6.45, 7) is 0.118. The Balaban J connectivity index is 1.81. The molecule has 9 nitrogen and oxygen atoms in total. The number of aromatic amines is 1. The van der Waals surface area contributed by atoms with Gasteiger partial charge in [-0.1, -0.05) is 18.2 Å². The summed E-state index contributed by atoms with van der Waals surface area (Å²) < 4.78 is 59.9. The second-order valence-electron chi connectivity index (χ2n) is 7.89. The van der Waals surface area contributed by atoms with Crippen LogP contribution in [0.4, 0.5) is 33.9 Å². The van der Waals surface area contributed by atoms with Crippen LogP contribution >= 0.6 is 22.6 Å². The number of benzene rings is 2. The molecule has 0 aliphatic rings. The van der Waals surface area contributed by atoms with Crippen LogP contribution in [0.25, 0.3) is 22.4 Å². The van der Waals surface area contributed by atoms with E-state index in [1.54, 1.807) is 24.3 Å². The summed E-state index contributed by atoms with van der Waals surface area (Å²) in [6, 6.07) is 8.68. The van der Waals surface area contributed by atoms with Crippen LogP contribution < -0.4 is 15.0 Å². The van der Waals surface area contributed by atoms with Gasteiger partial charge >= 0.3 is 12.3 Å². The zero-order valence-corrected chi connectivity index (χ0v) is 21.5. The Labute approximate surface area is 221 Å². The molecule has 0 spiro atoms. The van der Waals surface area contributed by atoms with Crippen LogP contribution in [-0.4, -0.2) is 51.7 Å². The van der Waals surface area contributed by atoms with Gasteiger partial charge < -0.3 is 15.2 Å². The Hall–Kier alpha value is -3.69. The third kappa shape index (κ3) is 5.68. The summed E-state index contributed by atoms with van der Waals surface area (Å²) in [5.74, 6) is -1.14. The van der Waals surface area contributed by atoms with Crippen molar-refractivity contribution in [1.82, 2.24) is 20.2 Å². The molecule has 0 saturated carbocycles. The number of carboxylic acid groups (broad SMARTS) is 1. The average Bonchev–Trinajstić information content (AvgIpc) is 3.22. The minimum absolute atomic E-state index is 0.118. The molecule has 4 rings (SSSR count). The Morgan fingerprint density at radius 3 is 2.62 bits per heavy atom. The molecule has 3 N–H and O–H groups in total. The van der Waals surface area contributed by atoms with Crippen molar-refractivity contribution in [3.8, 4) is 17.1 Å². The molecule has 0 atom stereocenters. The van der Waals surface area contributed by atoms with Gasteiger partial charge in [0.1, 0.15) is 9.52 Å². The third-order valence-electron chi connectivity index (χ3n) is 5.47. The maximum atomic E-state index is 14.6. The SMILES string of the molecule is COc1cc(CC(F)(F)F)c(-c2nc(NCc3ccccc3N(C)C(=O)O)c3c(I)n[nH]c3n2)cc1F. The molecule has 0 bridgehead atoms. The van der Waals surface area contributed by atoms with E-state index in [9.17, 15) is 27.5 Å². The zero-order chi connectivity index (χ0) is 26.9.